The van der Waals surface area contributed by atoms with E-state index >= 15 is 0 Å². The Hall–Kier alpha value is -0.590. The first-order valence-electron chi connectivity index (χ1n) is 4.70. The lowest BCUT2D eigenvalue weighted by Gasteiger charge is -2.24. The van der Waals surface area contributed by atoms with Crippen molar-refractivity contribution in [1.82, 2.24) is 15.0 Å². The first kappa shape index (κ1) is 9.95. The third-order valence-corrected chi connectivity index (χ3v) is 3.10. The molecule has 0 spiro atoms. The standard InChI is InChI=1S/C8H14N4OS/c9-5-8-10-7(11-13-8)6-12-1-3-14-4-2-12/h1-6,9H2. The Bertz CT molecular complexity index is 285. The number of hydrogen-bond donors (Lipinski definition) is 1. The number of nitrogens with two attached hydrogens (primary N) is 1. The first-order chi connectivity index (χ1) is 6.88. The van der Waals surface area contributed by atoms with E-state index in [2.05, 4.69) is 15.0 Å². The smallest absolute Gasteiger partial charge is 0.240 e. The Kier molecular flexibility index (Phi) is 3.39. The molecule has 0 unspecified atom stereocenters. The van der Waals surface area contributed by atoms with Crippen molar-refractivity contribution in [1.29, 1.82) is 0 Å². The predicted molar refractivity (Wildman–Crippen MR) is 54.8 cm³/mol. The number of thioether (sulfide) groups is 1. The summed E-state index contributed by atoms with van der Waals surface area (Å²) in [5.74, 6) is 3.66. The summed E-state index contributed by atoms with van der Waals surface area (Å²) in [7, 11) is 0. The molecule has 5 nitrogen and oxygen atoms in total. The fourth-order valence-corrected chi connectivity index (χ4v) is 2.38. The third-order valence-electron chi connectivity index (χ3n) is 2.15. The van der Waals surface area contributed by atoms with Gasteiger partial charge in [0.25, 0.3) is 0 Å². The van der Waals surface area contributed by atoms with Crippen LogP contribution in [0.3, 0.4) is 0 Å². The topological polar surface area (TPSA) is 68.2 Å². The van der Waals surface area contributed by atoms with Crippen LogP contribution < -0.4 is 5.73 Å². The summed E-state index contributed by atoms with van der Waals surface area (Å²) in [5.41, 5.74) is 5.38. The van der Waals surface area contributed by atoms with E-state index in [1.807, 2.05) is 11.8 Å². The highest BCUT2D eigenvalue weighted by molar-refractivity contribution is 7.99. The lowest BCUT2D eigenvalue weighted by molar-refractivity contribution is 0.279. The molecule has 1 aliphatic rings. The molecular weight excluding hydrogens is 200 g/mol. The predicted octanol–water partition coefficient (Wildman–Crippen LogP) is 0.0771. The van der Waals surface area contributed by atoms with Crippen molar-refractivity contribution >= 4 is 11.8 Å². The van der Waals surface area contributed by atoms with Gasteiger partial charge in [0.05, 0.1) is 13.1 Å². The zero-order chi connectivity index (χ0) is 9.80. The molecule has 2 heterocycles. The van der Waals surface area contributed by atoms with Gasteiger partial charge in [0.2, 0.25) is 5.89 Å². The monoisotopic (exact) mass is 214 g/mol. The fraction of sp³-hybridized carbons (Fsp3) is 0.750. The normalized spacial score (nSPS) is 18.6. The Balaban J connectivity index is 1.89. The Labute approximate surface area is 87.0 Å². The van der Waals surface area contributed by atoms with E-state index in [9.17, 15) is 0 Å². The second-order valence-electron chi connectivity index (χ2n) is 3.20. The highest BCUT2D eigenvalue weighted by atomic mass is 32.2. The highest BCUT2D eigenvalue weighted by Crippen LogP contribution is 2.11. The largest absolute Gasteiger partial charge is 0.338 e. The Morgan fingerprint density at radius 1 is 1.43 bits per heavy atom. The number of hydrogen-bond acceptors (Lipinski definition) is 6. The minimum Gasteiger partial charge on any atom is -0.338 e. The molecule has 0 bridgehead atoms. The van der Waals surface area contributed by atoms with Gasteiger partial charge in [-0.1, -0.05) is 5.16 Å². The van der Waals surface area contributed by atoms with E-state index in [0.29, 0.717) is 12.4 Å². The minimum absolute atomic E-state index is 0.322. The van der Waals surface area contributed by atoms with Crippen LogP contribution in [0.4, 0.5) is 0 Å². The molecule has 78 valence electrons. The van der Waals surface area contributed by atoms with Gasteiger partial charge in [-0.05, 0) is 0 Å². The van der Waals surface area contributed by atoms with Gasteiger partial charge in [0.15, 0.2) is 5.82 Å². The second-order valence-corrected chi connectivity index (χ2v) is 4.42. The van der Waals surface area contributed by atoms with Gasteiger partial charge in [0.1, 0.15) is 0 Å². The summed E-state index contributed by atoms with van der Waals surface area (Å²) >= 11 is 1.99. The van der Waals surface area contributed by atoms with Gasteiger partial charge < -0.3 is 10.3 Å². The van der Waals surface area contributed by atoms with E-state index in [1.54, 1.807) is 0 Å². The number of aromatic nitrogens is 2. The van der Waals surface area contributed by atoms with Crippen molar-refractivity contribution in [3.63, 3.8) is 0 Å². The molecule has 1 aromatic heterocycles. The molecule has 0 aromatic carbocycles. The summed E-state index contributed by atoms with van der Waals surface area (Å²) in [6, 6.07) is 0. The molecule has 6 heteroatoms. The molecule has 1 saturated heterocycles. The molecular formula is C8H14N4OS. The van der Waals surface area contributed by atoms with Gasteiger partial charge in [-0.25, -0.2) is 0 Å². The molecule has 1 aliphatic heterocycles. The van der Waals surface area contributed by atoms with Crippen LogP contribution in [0.25, 0.3) is 0 Å². The lowest BCUT2D eigenvalue weighted by Crippen LogP contribution is -2.32. The van der Waals surface area contributed by atoms with Crippen LogP contribution in [0, 0.1) is 0 Å². The maximum atomic E-state index is 5.38. The SMILES string of the molecule is NCc1nc(CN2CCSCC2)no1. The van der Waals surface area contributed by atoms with Crippen molar-refractivity contribution in [3.8, 4) is 0 Å². The summed E-state index contributed by atoms with van der Waals surface area (Å²) in [4.78, 5) is 6.51. The van der Waals surface area contributed by atoms with E-state index in [1.165, 1.54) is 11.5 Å². The van der Waals surface area contributed by atoms with Crippen molar-refractivity contribution in [2.24, 2.45) is 5.73 Å². The van der Waals surface area contributed by atoms with E-state index in [-0.39, 0.29) is 0 Å². The van der Waals surface area contributed by atoms with Crippen LogP contribution in [-0.2, 0) is 13.1 Å². The quantitative estimate of drug-likeness (QED) is 0.768. The van der Waals surface area contributed by atoms with Gasteiger partial charge in [-0.15, -0.1) is 0 Å². The van der Waals surface area contributed by atoms with Crippen LogP contribution in [0.15, 0.2) is 4.52 Å². The molecule has 0 aliphatic carbocycles. The summed E-state index contributed by atoms with van der Waals surface area (Å²) in [6.45, 7) is 3.32. The zero-order valence-electron chi connectivity index (χ0n) is 7.98. The Morgan fingerprint density at radius 2 is 2.21 bits per heavy atom. The van der Waals surface area contributed by atoms with Gasteiger partial charge in [-0.3, -0.25) is 4.90 Å². The van der Waals surface area contributed by atoms with Crippen molar-refractivity contribution in [3.05, 3.63) is 11.7 Å². The average Bonchev–Trinajstić information content (AvgIpc) is 2.67. The van der Waals surface area contributed by atoms with E-state index in [0.717, 1.165) is 25.5 Å². The molecule has 1 aromatic rings. The maximum Gasteiger partial charge on any atom is 0.240 e. The molecule has 0 atom stereocenters. The molecule has 1 fully saturated rings. The van der Waals surface area contributed by atoms with Gasteiger partial charge in [0, 0.05) is 24.6 Å². The number of rotatable bonds is 3. The van der Waals surface area contributed by atoms with E-state index < -0.39 is 0 Å². The summed E-state index contributed by atoms with van der Waals surface area (Å²) in [5, 5.41) is 3.87. The van der Waals surface area contributed by atoms with Crippen LogP contribution in [0.2, 0.25) is 0 Å². The maximum absolute atomic E-state index is 5.38. The van der Waals surface area contributed by atoms with E-state index in [4.69, 9.17) is 10.3 Å². The molecule has 0 amide bonds. The zero-order valence-corrected chi connectivity index (χ0v) is 8.79. The summed E-state index contributed by atoms with van der Waals surface area (Å²) in [6.07, 6.45) is 0. The van der Waals surface area contributed by atoms with Gasteiger partial charge in [-0.2, -0.15) is 16.7 Å². The van der Waals surface area contributed by atoms with Crippen molar-refractivity contribution in [2.45, 2.75) is 13.1 Å². The van der Waals surface area contributed by atoms with Crippen LogP contribution in [-0.4, -0.2) is 39.6 Å². The molecule has 0 saturated carbocycles. The molecule has 0 radical (unpaired) electrons. The van der Waals surface area contributed by atoms with Gasteiger partial charge >= 0.3 is 0 Å². The molecule has 2 N–H and O–H groups in total. The van der Waals surface area contributed by atoms with Crippen molar-refractivity contribution < 1.29 is 4.52 Å². The molecule has 2 rings (SSSR count). The first-order valence-corrected chi connectivity index (χ1v) is 5.85. The third kappa shape index (κ3) is 2.46. The van der Waals surface area contributed by atoms with Crippen LogP contribution in [0.1, 0.15) is 11.7 Å². The average molecular weight is 214 g/mol. The van der Waals surface area contributed by atoms with Crippen LogP contribution in [0.5, 0.6) is 0 Å². The fourth-order valence-electron chi connectivity index (χ4n) is 1.40. The number of nitrogens with zero attached hydrogens (tertiary/aromatic N) is 3. The minimum atomic E-state index is 0.322. The second kappa shape index (κ2) is 4.77. The van der Waals surface area contributed by atoms with Crippen LogP contribution >= 0.6 is 11.8 Å². The Morgan fingerprint density at radius 3 is 2.86 bits per heavy atom. The summed E-state index contributed by atoms with van der Waals surface area (Å²) < 4.78 is 4.94. The van der Waals surface area contributed by atoms with Crippen molar-refractivity contribution in [2.75, 3.05) is 24.6 Å². The molecule has 14 heavy (non-hydrogen) atoms. The lowest BCUT2D eigenvalue weighted by atomic mass is 10.4. The highest BCUT2D eigenvalue weighted by Gasteiger charge is 2.13.